The number of carbonyl (C=O) groups excluding carboxylic acids is 2. The van der Waals surface area contributed by atoms with Gasteiger partial charge in [-0.3, -0.25) is 9.59 Å². The number of carbonyl (C=O) groups is 2. The van der Waals surface area contributed by atoms with Crippen LogP contribution in [0, 0.1) is 5.92 Å². The Bertz CT molecular complexity index is 563. The molecule has 4 heteroatoms. The normalized spacial score (nSPS) is 21.6. The maximum absolute atomic E-state index is 12.2. The van der Waals surface area contributed by atoms with Gasteiger partial charge in [0.1, 0.15) is 0 Å². The molecule has 0 radical (unpaired) electrons. The Kier molecular flexibility index (Phi) is 4.04. The van der Waals surface area contributed by atoms with Crippen molar-refractivity contribution >= 4 is 23.2 Å². The Hall–Kier alpha value is -2.10. The zero-order chi connectivity index (χ0) is 14.7. The van der Waals surface area contributed by atoms with Crippen LogP contribution >= 0.6 is 0 Å². The minimum Gasteiger partial charge on any atom is -0.326 e. The number of benzene rings is 1. The molecule has 0 spiro atoms. The van der Waals surface area contributed by atoms with Crippen molar-refractivity contribution in [3.8, 4) is 0 Å². The number of anilines is 2. The van der Waals surface area contributed by atoms with Crippen molar-refractivity contribution in [3.05, 3.63) is 36.4 Å². The minimum atomic E-state index is 0.0786. The lowest BCUT2D eigenvalue weighted by molar-refractivity contribution is -0.120. The maximum Gasteiger partial charge on any atom is 0.227 e. The molecule has 1 N–H and O–H groups in total. The highest BCUT2D eigenvalue weighted by atomic mass is 16.2. The average Bonchev–Trinajstić information content (AvgIpc) is 2.95. The van der Waals surface area contributed by atoms with Crippen LogP contribution in [0.1, 0.15) is 32.1 Å². The van der Waals surface area contributed by atoms with E-state index in [1.54, 1.807) is 4.90 Å². The van der Waals surface area contributed by atoms with Crippen LogP contribution in [0.15, 0.2) is 36.4 Å². The Labute approximate surface area is 124 Å². The summed E-state index contributed by atoms with van der Waals surface area (Å²) >= 11 is 0. The molecule has 1 fully saturated rings. The highest BCUT2D eigenvalue weighted by Crippen LogP contribution is 2.24. The summed E-state index contributed by atoms with van der Waals surface area (Å²) in [6.45, 7) is 0.791. The third kappa shape index (κ3) is 3.15. The summed E-state index contributed by atoms with van der Waals surface area (Å²) in [6, 6.07) is 7.55. The van der Waals surface area contributed by atoms with Crippen LogP contribution < -0.4 is 10.2 Å². The minimum absolute atomic E-state index is 0.0786. The molecule has 1 aromatic rings. The van der Waals surface area contributed by atoms with E-state index < -0.39 is 0 Å². The van der Waals surface area contributed by atoms with Gasteiger partial charge in [-0.25, -0.2) is 0 Å². The van der Waals surface area contributed by atoms with Gasteiger partial charge in [-0.15, -0.1) is 0 Å². The largest absolute Gasteiger partial charge is 0.326 e. The van der Waals surface area contributed by atoms with E-state index in [4.69, 9.17) is 0 Å². The Morgan fingerprint density at radius 1 is 1.19 bits per heavy atom. The molecule has 1 unspecified atom stereocenters. The van der Waals surface area contributed by atoms with Crippen molar-refractivity contribution in [1.82, 2.24) is 0 Å². The molecule has 110 valence electrons. The molecule has 1 aliphatic carbocycles. The first-order chi connectivity index (χ1) is 10.2. The van der Waals surface area contributed by atoms with Crippen LogP contribution in [-0.4, -0.2) is 18.4 Å². The lowest BCUT2D eigenvalue weighted by atomic mass is 9.93. The van der Waals surface area contributed by atoms with E-state index in [0.717, 1.165) is 43.6 Å². The van der Waals surface area contributed by atoms with Crippen molar-refractivity contribution < 1.29 is 9.59 Å². The number of nitrogens with one attached hydrogen (secondary N) is 1. The summed E-state index contributed by atoms with van der Waals surface area (Å²) < 4.78 is 0. The number of hydrogen-bond acceptors (Lipinski definition) is 2. The Morgan fingerprint density at radius 2 is 2.00 bits per heavy atom. The van der Waals surface area contributed by atoms with Gasteiger partial charge in [0.05, 0.1) is 0 Å². The molecule has 2 aliphatic rings. The van der Waals surface area contributed by atoms with E-state index in [-0.39, 0.29) is 17.7 Å². The summed E-state index contributed by atoms with van der Waals surface area (Å²) in [5.41, 5.74) is 1.71. The van der Waals surface area contributed by atoms with Crippen LogP contribution in [0.25, 0.3) is 0 Å². The third-order valence-corrected chi connectivity index (χ3v) is 4.16. The molecule has 1 atom stereocenters. The molecule has 0 aromatic heterocycles. The van der Waals surface area contributed by atoms with Gasteiger partial charge < -0.3 is 10.2 Å². The molecule has 2 amide bonds. The van der Waals surface area contributed by atoms with E-state index in [0.29, 0.717) is 6.42 Å². The van der Waals surface area contributed by atoms with E-state index in [1.807, 2.05) is 24.3 Å². The number of allylic oxidation sites excluding steroid dienone is 2. The molecule has 1 aliphatic heterocycles. The first-order valence-corrected chi connectivity index (χ1v) is 7.60. The lowest BCUT2D eigenvalue weighted by Gasteiger charge is -2.18. The van der Waals surface area contributed by atoms with Crippen molar-refractivity contribution in [2.75, 3.05) is 16.8 Å². The molecule has 0 bridgehead atoms. The quantitative estimate of drug-likeness (QED) is 0.867. The molecular formula is C17H20N2O2. The second-order valence-electron chi connectivity index (χ2n) is 5.67. The molecule has 1 heterocycles. The monoisotopic (exact) mass is 284 g/mol. The van der Waals surface area contributed by atoms with Crippen molar-refractivity contribution in [2.24, 2.45) is 5.92 Å². The molecule has 21 heavy (non-hydrogen) atoms. The van der Waals surface area contributed by atoms with Crippen LogP contribution in [0.4, 0.5) is 11.4 Å². The number of rotatable bonds is 3. The molecular weight excluding hydrogens is 264 g/mol. The van der Waals surface area contributed by atoms with Gasteiger partial charge in [0, 0.05) is 30.3 Å². The van der Waals surface area contributed by atoms with Crippen LogP contribution in [0.2, 0.25) is 0 Å². The molecule has 3 rings (SSSR count). The summed E-state index contributed by atoms with van der Waals surface area (Å²) in [5.74, 6) is 0.347. The molecule has 1 saturated heterocycles. The van der Waals surface area contributed by atoms with E-state index in [2.05, 4.69) is 17.5 Å². The average molecular weight is 284 g/mol. The first-order valence-electron chi connectivity index (χ1n) is 7.60. The maximum atomic E-state index is 12.2. The first kappa shape index (κ1) is 13.9. The van der Waals surface area contributed by atoms with Crippen LogP contribution in [-0.2, 0) is 9.59 Å². The summed E-state index contributed by atoms with van der Waals surface area (Å²) in [5, 5.41) is 2.96. The van der Waals surface area contributed by atoms with Gasteiger partial charge >= 0.3 is 0 Å². The number of hydrogen-bond donors (Lipinski definition) is 1. The zero-order valence-corrected chi connectivity index (χ0v) is 12.0. The highest BCUT2D eigenvalue weighted by molar-refractivity contribution is 5.96. The van der Waals surface area contributed by atoms with Crippen LogP contribution in [0.3, 0.4) is 0 Å². The molecule has 4 nitrogen and oxygen atoms in total. The van der Waals surface area contributed by atoms with Crippen molar-refractivity contribution in [3.63, 3.8) is 0 Å². The van der Waals surface area contributed by atoms with Gasteiger partial charge in [0.25, 0.3) is 0 Å². The summed E-state index contributed by atoms with van der Waals surface area (Å²) in [7, 11) is 0. The summed E-state index contributed by atoms with van der Waals surface area (Å²) in [6.07, 6.45) is 8.49. The second kappa shape index (κ2) is 6.12. The SMILES string of the molecule is O=C(Nc1ccc(N2CCCC2=O)cc1)C1CC=CCC1. The fraction of sp³-hybridized carbons (Fsp3) is 0.412. The van der Waals surface area contributed by atoms with E-state index in [1.165, 1.54) is 0 Å². The van der Waals surface area contributed by atoms with Gasteiger partial charge in [0.15, 0.2) is 0 Å². The van der Waals surface area contributed by atoms with Gasteiger partial charge in [-0.1, -0.05) is 12.2 Å². The lowest BCUT2D eigenvalue weighted by Crippen LogP contribution is -2.24. The van der Waals surface area contributed by atoms with Gasteiger partial charge in [-0.2, -0.15) is 0 Å². The van der Waals surface area contributed by atoms with Gasteiger partial charge in [0.2, 0.25) is 11.8 Å². The number of amides is 2. The number of nitrogens with zero attached hydrogens (tertiary/aromatic N) is 1. The third-order valence-electron chi connectivity index (χ3n) is 4.16. The predicted octanol–water partition coefficient (Wildman–Crippen LogP) is 3.11. The highest BCUT2D eigenvalue weighted by Gasteiger charge is 2.22. The standard InChI is InChI=1S/C17H20N2O2/c20-16-7-4-12-19(16)15-10-8-14(9-11-15)18-17(21)13-5-2-1-3-6-13/h1-2,8-11,13H,3-7,12H2,(H,18,21). The zero-order valence-electron chi connectivity index (χ0n) is 12.0. The van der Waals surface area contributed by atoms with E-state index in [9.17, 15) is 9.59 Å². The van der Waals surface area contributed by atoms with Crippen molar-refractivity contribution in [2.45, 2.75) is 32.1 Å². The van der Waals surface area contributed by atoms with Crippen molar-refractivity contribution in [1.29, 1.82) is 0 Å². The molecule has 0 saturated carbocycles. The predicted molar refractivity (Wildman–Crippen MR) is 83.1 cm³/mol. The topological polar surface area (TPSA) is 49.4 Å². The smallest absolute Gasteiger partial charge is 0.227 e. The van der Waals surface area contributed by atoms with E-state index >= 15 is 0 Å². The van der Waals surface area contributed by atoms with Crippen LogP contribution in [0.5, 0.6) is 0 Å². The fourth-order valence-corrected chi connectivity index (χ4v) is 2.92. The summed E-state index contributed by atoms with van der Waals surface area (Å²) in [4.78, 5) is 25.6. The Balaban J connectivity index is 1.63. The van der Waals surface area contributed by atoms with Gasteiger partial charge in [-0.05, 0) is 49.9 Å². The Morgan fingerprint density at radius 3 is 2.62 bits per heavy atom. The fourth-order valence-electron chi connectivity index (χ4n) is 2.92. The second-order valence-corrected chi connectivity index (χ2v) is 5.67. The molecule has 1 aromatic carbocycles.